The van der Waals surface area contributed by atoms with E-state index in [4.69, 9.17) is 14.2 Å². The summed E-state index contributed by atoms with van der Waals surface area (Å²) in [6, 6.07) is 5.06. The van der Waals surface area contributed by atoms with Crippen LogP contribution in [-0.4, -0.2) is 24.6 Å². The molecule has 1 aliphatic rings. The predicted molar refractivity (Wildman–Crippen MR) is 72.7 cm³/mol. The Labute approximate surface area is 114 Å². The Morgan fingerprint density at radius 2 is 2.26 bits per heavy atom. The Kier molecular flexibility index (Phi) is 5.33. The van der Waals surface area contributed by atoms with Crippen LogP contribution >= 0.6 is 0 Å². The van der Waals surface area contributed by atoms with E-state index in [1.165, 1.54) is 0 Å². The summed E-state index contributed by atoms with van der Waals surface area (Å²) in [4.78, 5) is 0. The zero-order valence-electron chi connectivity index (χ0n) is 11.4. The topological polar surface area (TPSA) is 47.9 Å². The Bertz CT molecular complexity index is 386. The van der Waals surface area contributed by atoms with Crippen molar-refractivity contribution in [2.75, 3.05) is 13.2 Å². The molecule has 1 atom stereocenters. The van der Waals surface area contributed by atoms with Crippen molar-refractivity contribution in [3.05, 3.63) is 18.2 Å². The van der Waals surface area contributed by atoms with Gasteiger partial charge in [-0.25, -0.2) is 0 Å². The minimum absolute atomic E-state index is 0.146. The summed E-state index contributed by atoms with van der Waals surface area (Å²) >= 11 is 0. The first-order chi connectivity index (χ1) is 9.29. The third kappa shape index (κ3) is 4.31. The molecule has 0 saturated carbocycles. The number of benzene rings is 1. The van der Waals surface area contributed by atoms with Gasteiger partial charge in [-0.05, 0) is 31.4 Å². The molecule has 1 N–H and O–H groups in total. The van der Waals surface area contributed by atoms with Crippen LogP contribution in [0.1, 0.15) is 39.0 Å². The lowest BCUT2D eigenvalue weighted by Crippen LogP contribution is -2.24. The molecular weight excluding hydrogens is 244 g/mol. The monoisotopic (exact) mass is 266 g/mol. The number of ether oxygens (including phenoxy) is 3. The third-order valence-electron chi connectivity index (χ3n) is 3.09. The second-order valence-corrected chi connectivity index (χ2v) is 4.75. The van der Waals surface area contributed by atoms with Crippen molar-refractivity contribution >= 4 is 0 Å². The van der Waals surface area contributed by atoms with E-state index in [1.54, 1.807) is 18.2 Å². The summed E-state index contributed by atoms with van der Waals surface area (Å²) in [6.45, 7) is 3.46. The smallest absolute Gasteiger partial charge is 0.199 e. The van der Waals surface area contributed by atoms with Crippen LogP contribution in [0.15, 0.2) is 18.2 Å². The molecule has 0 amide bonds. The first-order valence-electron chi connectivity index (χ1n) is 7.03. The molecule has 1 aliphatic heterocycles. The number of rotatable bonds is 6. The van der Waals surface area contributed by atoms with Crippen molar-refractivity contribution in [2.45, 2.75) is 45.3 Å². The van der Waals surface area contributed by atoms with Crippen molar-refractivity contribution in [1.82, 2.24) is 0 Å². The molecule has 1 aromatic carbocycles. The molecule has 4 nitrogen and oxygen atoms in total. The quantitative estimate of drug-likeness (QED) is 0.801. The van der Waals surface area contributed by atoms with Gasteiger partial charge in [-0.15, -0.1) is 0 Å². The molecule has 2 rings (SSSR count). The number of unbranched alkanes of at least 4 members (excludes halogenated alkanes) is 1. The number of phenolic OH excluding ortho intramolecular Hbond substituents is 1. The highest BCUT2D eigenvalue weighted by Crippen LogP contribution is 2.31. The third-order valence-corrected chi connectivity index (χ3v) is 3.09. The van der Waals surface area contributed by atoms with E-state index < -0.39 is 0 Å². The highest BCUT2D eigenvalue weighted by Gasteiger charge is 2.16. The molecule has 1 heterocycles. The summed E-state index contributed by atoms with van der Waals surface area (Å²) in [5.74, 6) is 1.30. The maximum atomic E-state index is 9.73. The minimum atomic E-state index is -0.179. The van der Waals surface area contributed by atoms with E-state index in [1.807, 2.05) is 0 Å². The number of aromatic hydroxyl groups is 1. The van der Waals surface area contributed by atoms with Crippen LogP contribution in [0.25, 0.3) is 0 Å². The number of hydrogen-bond acceptors (Lipinski definition) is 4. The van der Waals surface area contributed by atoms with Gasteiger partial charge in [0.2, 0.25) is 0 Å². The van der Waals surface area contributed by atoms with E-state index in [-0.39, 0.29) is 12.0 Å². The van der Waals surface area contributed by atoms with Gasteiger partial charge >= 0.3 is 0 Å². The van der Waals surface area contributed by atoms with Gasteiger partial charge in [0, 0.05) is 12.5 Å². The molecular formula is C15H22O4. The maximum Gasteiger partial charge on any atom is 0.199 e. The van der Waals surface area contributed by atoms with Gasteiger partial charge in [-0.1, -0.05) is 13.3 Å². The number of phenols is 1. The van der Waals surface area contributed by atoms with Gasteiger partial charge in [0.15, 0.2) is 17.8 Å². The van der Waals surface area contributed by atoms with Crippen LogP contribution in [0.4, 0.5) is 0 Å². The Hall–Kier alpha value is -1.42. The molecule has 1 saturated heterocycles. The first-order valence-corrected chi connectivity index (χ1v) is 7.03. The first kappa shape index (κ1) is 14.0. The summed E-state index contributed by atoms with van der Waals surface area (Å²) in [6.07, 6.45) is 4.99. The molecule has 1 unspecified atom stereocenters. The lowest BCUT2D eigenvalue weighted by molar-refractivity contribution is -0.105. The fraction of sp³-hybridized carbons (Fsp3) is 0.600. The molecule has 106 valence electrons. The standard InChI is InChI=1S/C15H22O4/c1-2-3-9-17-14-11-12(7-8-13(14)16)19-15-6-4-5-10-18-15/h7-8,11,15-16H,2-6,9-10H2,1H3. The minimum Gasteiger partial charge on any atom is -0.504 e. The molecule has 0 bridgehead atoms. The van der Waals surface area contributed by atoms with E-state index in [9.17, 15) is 5.11 Å². The second-order valence-electron chi connectivity index (χ2n) is 4.75. The van der Waals surface area contributed by atoms with Crippen molar-refractivity contribution in [2.24, 2.45) is 0 Å². The lowest BCUT2D eigenvalue weighted by Gasteiger charge is -2.23. The summed E-state index contributed by atoms with van der Waals surface area (Å²) in [5, 5.41) is 9.73. The molecule has 0 aliphatic carbocycles. The Morgan fingerprint density at radius 3 is 3.00 bits per heavy atom. The van der Waals surface area contributed by atoms with Gasteiger partial charge in [-0.3, -0.25) is 0 Å². The Balaban J connectivity index is 1.94. The maximum absolute atomic E-state index is 9.73. The van der Waals surface area contributed by atoms with Crippen LogP contribution in [0.5, 0.6) is 17.2 Å². The van der Waals surface area contributed by atoms with Crippen molar-refractivity contribution in [1.29, 1.82) is 0 Å². The number of hydrogen-bond donors (Lipinski definition) is 1. The zero-order valence-corrected chi connectivity index (χ0v) is 11.4. The lowest BCUT2D eigenvalue weighted by atomic mass is 10.2. The fourth-order valence-electron chi connectivity index (χ4n) is 1.97. The summed E-state index contributed by atoms with van der Waals surface area (Å²) in [7, 11) is 0. The average Bonchev–Trinajstić information content (AvgIpc) is 2.44. The molecule has 0 radical (unpaired) electrons. The molecule has 1 fully saturated rings. The molecule has 0 aromatic heterocycles. The van der Waals surface area contributed by atoms with E-state index in [0.29, 0.717) is 18.1 Å². The van der Waals surface area contributed by atoms with Gasteiger partial charge in [-0.2, -0.15) is 0 Å². The van der Waals surface area contributed by atoms with Gasteiger partial charge in [0.1, 0.15) is 5.75 Å². The van der Waals surface area contributed by atoms with E-state index in [0.717, 1.165) is 38.7 Å². The highest BCUT2D eigenvalue weighted by molar-refractivity contribution is 5.44. The van der Waals surface area contributed by atoms with Crippen LogP contribution in [-0.2, 0) is 4.74 Å². The highest BCUT2D eigenvalue weighted by atomic mass is 16.7. The van der Waals surface area contributed by atoms with Crippen LogP contribution in [0.2, 0.25) is 0 Å². The fourth-order valence-corrected chi connectivity index (χ4v) is 1.97. The largest absolute Gasteiger partial charge is 0.504 e. The molecule has 1 aromatic rings. The van der Waals surface area contributed by atoms with Gasteiger partial charge in [0.25, 0.3) is 0 Å². The molecule has 19 heavy (non-hydrogen) atoms. The van der Waals surface area contributed by atoms with Crippen molar-refractivity contribution in [3.8, 4) is 17.2 Å². The summed E-state index contributed by atoms with van der Waals surface area (Å²) in [5.41, 5.74) is 0. The second kappa shape index (κ2) is 7.24. The normalized spacial score (nSPS) is 19.1. The van der Waals surface area contributed by atoms with E-state index >= 15 is 0 Å². The van der Waals surface area contributed by atoms with Crippen LogP contribution < -0.4 is 9.47 Å². The molecule has 4 heteroatoms. The van der Waals surface area contributed by atoms with Gasteiger partial charge in [0.05, 0.1) is 13.2 Å². The molecule has 0 spiro atoms. The SMILES string of the molecule is CCCCOc1cc(OC2CCCCO2)ccc1O. The zero-order chi connectivity index (χ0) is 13.5. The van der Waals surface area contributed by atoms with Crippen LogP contribution in [0, 0.1) is 0 Å². The van der Waals surface area contributed by atoms with Crippen molar-refractivity contribution in [3.63, 3.8) is 0 Å². The average molecular weight is 266 g/mol. The summed E-state index contributed by atoms with van der Waals surface area (Å²) < 4.78 is 16.8. The van der Waals surface area contributed by atoms with Crippen molar-refractivity contribution < 1.29 is 19.3 Å². The van der Waals surface area contributed by atoms with Crippen LogP contribution in [0.3, 0.4) is 0 Å². The predicted octanol–water partition coefficient (Wildman–Crippen LogP) is 3.48. The van der Waals surface area contributed by atoms with E-state index in [2.05, 4.69) is 6.92 Å². The Morgan fingerprint density at radius 1 is 1.37 bits per heavy atom. The van der Waals surface area contributed by atoms with Gasteiger partial charge < -0.3 is 19.3 Å².